The molecule has 0 heterocycles. The first-order valence-corrected chi connectivity index (χ1v) is 6.76. The molecule has 0 aliphatic carbocycles. The summed E-state index contributed by atoms with van der Waals surface area (Å²) in [4.78, 5) is 23.4. The van der Waals surface area contributed by atoms with Gasteiger partial charge in [0.1, 0.15) is 11.6 Å². The van der Waals surface area contributed by atoms with Gasteiger partial charge in [-0.3, -0.25) is 9.59 Å². The predicted molar refractivity (Wildman–Crippen MR) is 85.8 cm³/mol. The number of amides is 2. The molecule has 0 aromatic heterocycles. The summed E-state index contributed by atoms with van der Waals surface area (Å²) >= 11 is 0. The summed E-state index contributed by atoms with van der Waals surface area (Å²) in [5.74, 6) is -0.720. The zero-order chi connectivity index (χ0) is 16.7. The van der Waals surface area contributed by atoms with E-state index in [2.05, 4.69) is 10.6 Å². The lowest BCUT2D eigenvalue weighted by Crippen LogP contribution is -2.12. The molecule has 23 heavy (non-hydrogen) atoms. The normalized spacial score (nSPS) is 10.3. The summed E-state index contributed by atoms with van der Waals surface area (Å²) < 4.78 is 17.8. The molecule has 2 rings (SSSR count). The van der Waals surface area contributed by atoms with Gasteiger partial charge >= 0.3 is 0 Å². The lowest BCUT2D eigenvalue weighted by Gasteiger charge is -2.04. The molecule has 0 bridgehead atoms. The molecule has 2 N–H and O–H groups in total. The maximum atomic E-state index is 12.8. The highest BCUT2D eigenvalue weighted by Gasteiger charge is 2.02. The van der Waals surface area contributed by atoms with Crippen LogP contribution in [0.25, 0.3) is 0 Å². The minimum atomic E-state index is -0.489. The molecular weight excluding hydrogens is 299 g/mol. The summed E-state index contributed by atoms with van der Waals surface area (Å²) in [5.41, 5.74) is 0.993. The number of halogens is 1. The van der Waals surface area contributed by atoms with E-state index in [4.69, 9.17) is 4.74 Å². The molecule has 0 spiro atoms. The summed E-state index contributed by atoms with van der Waals surface area (Å²) in [5, 5.41) is 5.12. The minimum Gasteiger partial charge on any atom is -0.497 e. The molecule has 6 heteroatoms. The van der Waals surface area contributed by atoms with Crippen molar-refractivity contribution < 1.29 is 18.7 Å². The Bertz CT molecular complexity index is 727. The van der Waals surface area contributed by atoms with E-state index in [1.165, 1.54) is 31.4 Å². The highest BCUT2D eigenvalue weighted by molar-refractivity contribution is 6.06. The van der Waals surface area contributed by atoms with Gasteiger partial charge in [0, 0.05) is 29.6 Å². The standard InChI is InChI=1S/C17H15FN2O3/c1-23-15-4-2-3-14(11-15)20-17(22)10-9-16(21)19-13-7-5-12(18)6-8-13/h2-11H,1H3,(H,19,21)(H,20,22)/b10-9-. The molecule has 0 saturated carbocycles. The number of carbonyl (C=O) groups is 2. The topological polar surface area (TPSA) is 67.4 Å². The predicted octanol–water partition coefficient (Wildman–Crippen LogP) is 2.97. The van der Waals surface area contributed by atoms with Gasteiger partial charge < -0.3 is 15.4 Å². The molecule has 2 aromatic carbocycles. The number of carbonyl (C=O) groups excluding carboxylic acids is 2. The third kappa shape index (κ3) is 5.28. The van der Waals surface area contributed by atoms with Crippen LogP contribution < -0.4 is 15.4 Å². The van der Waals surface area contributed by atoms with Crippen LogP contribution in [0.4, 0.5) is 15.8 Å². The number of nitrogens with one attached hydrogen (secondary N) is 2. The molecule has 118 valence electrons. The molecule has 0 radical (unpaired) electrons. The Morgan fingerprint density at radius 3 is 2.17 bits per heavy atom. The van der Waals surface area contributed by atoms with Crippen molar-refractivity contribution in [3.63, 3.8) is 0 Å². The van der Waals surface area contributed by atoms with Crippen LogP contribution in [0.3, 0.4) is 0 Å². The smallest absolute Gasteiger partial charge is 0.248 e. The average Bonchev–Trinajstić information content (AvgIpc) is 2.55. The van der Waals surface area contributed by atoms with Crippen LogP contribution in [-0.2, 0) is 9.59 Å². The monoisotopic (exact) mass is 314 g/mol. The number of rotatable bonds is 5. The quantitative estimate of drug-likeness (QED) is 0.834. The molecule has 0 aliphatic rings. The number of methoxy groups -OCH3 is 1. The second kappa shape index (κ2) is 7.74. The summed E-state index contributed by atoms with van der Waals surface area (Å²) in [6.07, 6.45) is 2.21. The van der Waals surface area contributed by atoms with Gasteiger partial charge in [0.15, 0.2) is 0 Å². The van der Waals surface area contributed by atoms with Crippen molar-refractivity contribution >= 4 is 23.2 Å². The van der Waals surface area contributed by atoms with E-state index < -0.39 is 17.6 Å². The van der Waals surface area contributed by atoms with Crippen LogP contribution in [0, 0.1) is 5.82 Å². The van der Waals surface area contributed by atoms with Crippen molar-refractivity contribution in [2.45, 2.75) is 0 Å². The molecule has 0 fully saturated rings. The van der Waals surface area contributed by atoms with Crippen molar-refractivity contribution in [3.05, 3.63) is 66.5 Å². The first-order chi connectivity index (χ1) is 11.1. The van der Waals surface area contributed by atoms with Crippen molar-refractivity contribution in [1.29, 1.82) is 0 Å². The molecule has 0 unspecified atom stereocenters. The molecule has 0 aliphatic heterocycles. The molecule has 2 aromatic rings. The zero-order valence-electron chi connectivity index (χ0n) is 12.4. The second-order valence-corrected chi connectivity index (χ2v) is 4.55. The largest absolute Gasteiger partial charge is 0.497 e. The Morgan fingerprint density at radius 2 is 1.57 bits per heavy atom. The van der Waals surface area contributed by atoms with Crippen molar-refractivity contribution in [3.8, 4) is 5.75 Å². The van der Waals surface area contributed by atoms with E-state index in [1.807, 2.05) is 0 Å². The summed E-state index contributed by atoms with van der Waals surface area (Å²) in [6.45, 7) is 0. The molecule has 0 saturated heterocycles. The van der Waals surface area contributed by atoms with Crippen LogP contribution >= 0.6 is 0 Å². The van der Waals surface area contributed by atoms with E-state index in [0.717, 1.165) is 12.2 Å². The fraction of sp³-hybridized carbons (Fsp3) is 0.0588. The number of hydrogen-bond donors (Lipinski definition) is 2. The third-order valence-electron chi connectivity index (χ3n) is 2.84. The van der Waals surface area contributed by atoms with E-state index in [1.54, 1.807) is 24.3 Å². The van der Waals surface area contributed by atoms with E-state index in [9.17, 15) is 14.0 Å². The van der Waals surface area contributed by atoms with Gasteiger partial charge in [-0.25, -0.2) is 4.39 Å². The van der Waals surface area contributed by atoms with E-state index >= 15 is 0 Å². The van der Waals surface area contributed by atoms with Crippen LogP contribution in [0.5, 0.6) is 5.75 Å². The third-order valence-corrected chi connectivity index (χ3v) is 2.84. The fourth-order valence-electron chi connectivity index (χ4n) is 1.75. The SMILES string of the molecule is COc1cccc(NC(=O)/C=C\C(=O)Nc2ccc(F)cc2)c1. The van der Waals surface area contributed by atoms with E-state index in [0.29, 0.717) is 17.1 Å². The van der Waals surface area contributed by atoms with E-state index in [-0.39, 0.29) is 0 Å². The second-order valence-electron chi connectivity index (χ2n) is 4.55. The van der Waals surface area contributed by atoms with Crippen LogP contribution in [-0.4, -0.2) is 18.9 Å². The Hall–Kier alpha value is -3.15. The molecule has 0 atom stereocenters. The van der Waals surface area contributed by atoms with Gasteiger partial charge in [0.2, 0.25) is 11.8 Å². The van der Waals surface area contributed by atoms with Gasteiger partial charge in [-0.05, 0) is 36.4 Å². The first-order valence-electron chi connectivity index (χ1n) is 6.76. The molecular formula is C17H15FN2O3. The maximum absolute atomic E-state index is 12.8. The lowest BCUT2D eigenvalue weighted by molar-refractivity contribution is -0.114. The van der Waals surface area contributed by atoms with Gasteiger partial charge in [-0.1, -0.05) is 6.07 Å². The van der Waals surface area contributed by atoms with Crippen LogP contribution in [0.1, 0.15) is 0 Å². The van der Waals surface area contributed by atoms with Gasteiger partial charge in [-0.15, -0.1) is 0 Å². The number of benzene rings is 2. The minimum absolute atomic E-state index is 0.392. The first kappa shape index (κ1) is 16.2. The van der Waals surface area contributed by atoms with Gasteiger partial charge in [0.05, 0.1) is 7.11 Å². The van der Waals surface area contributed by atoms with Crippen molar-refractivity contribution in [2.24, 2.45) is 0 Å². The number of anilines is 2. The Balaban J connectivity index is 1.89. The lowest BCUT2D eigenvalue weighted by atomic mass is 10.3. The fourth-order valence-corrected chi connectivity index (χ4v) is 1.75. The van der Waals surface area contributed by atoms with Gasteiger partial charge in [-0.2, -0.15) is 0 Å². The molecule has 2 amide bonds. The molecule has 5 nitrogen and oxygen atoms in total. The highest BCUT2D eigenvalue weighted by Crippen LogP contribution is 2.16. The number of hydrogen-bond acceptors (Lipinski definition) is 3. The maximum Gasteiger partial charge on any atom is 0.248 e. The summed E-state index contributed by atoms with van der Waals surface area (Å²) in [6, 6.07) is 12.2. The van der Waals surface area contributed by atoms with Crippen LogP contribution in [0.2, 0.25) is 0 Å². The van der Waals surface area contributed by atoms with Gasteiger partial charge in [0.25, 0.3) is 0 Å². The number of ether oxygens (including phenoxy) is 1. The van der Waals surface area contributed by atoms with Crippen LogP contribution in [0.15, 0.2) is 60.7 Å². The summed E-state index contributed by atoms with van der Waals surface area (Å²) in [7, 11) is 1.53. The van der Waals surface area contributed by atoms with Crippen molar-refractivity contribution in [2.75, 3.05) is 17.7 Å². The highest BCUT2D eigenvalue weighted by atomic mass is 19.1. The Labute approximate surface area is 132 Å². The average molecular weight is 314 g/mol. The Morgan fingerprint density at radius 1 is 0.957 bits per heavy atom. The van der Waals surface area contributed by atoms with Crippen molar-refractivity contribution in [1.82, 2.24) is 0 Å². The zero-order valence-corrected chi connectivity index (χ0v) is 12.4. The Kier molecular flexibility index (Phi) is 5.46.